The molecule has 2 amide bonds. The van der Waals surface area contributed by atoms with Gasteiger partial charge in [0.25, 0.3) is 5.91 Å². The summed E-state index contributed by atoms with van der Waals surface area (Å²) < 4.78 is 0. The molecular formula is C17H20BN3O4S. The summed E-state index contributed by atoms with van der Waals surface area (Å²) >= 11 is 4.35. The fourth-order valence-electron chi connectivity index (χ4n) is 3.32. The second-order valence-corrected chi connectivity index (χ2v) is 6.86. The van der Waals surface area contributed by atoms with Crippen LogP contribution >= 0.6 is 12.6 Å². The molecule has 3 rings (SSSR count). The number of nitrogens with one attached hydrogen (secondary N) is 1. The second kappa shape index (κ2) is 7.65. The lowest BCUT2D eigenvalue weighted by molar-refractivity contribution is -0.132. The molecule has 1 aromatic heterocycles. The molecule has 1 aromatic carbocycles. The summed E-state index contributed by atoms with van der Waals surface area (Å²) in [5.41, 5.74) is 1.02. The summed E-state index contributed by atoms with van der Waals surface area (Å²) in [4.78, 5) is 31.6. The highest BCUT2D eigenvalue weighted by atomic mass is 32.1. The van der Waals surface area contributed by atoms with Gasteiger partial charge in [-0.1, -0.05) is 12.1 Å². The third kappa shape index (κ3) is 3.55. The molecule has 2 heterocycles. The van der Waals surface area contributed by atoms with E-state index in [9.17, 15) is 19.6 Å². The van der Waals surface area contributed by atoms with Crippen molar-refractivity contribution in [3.63, 3.8) is 0 Å². The Balaban J connectivity index is 1.78. The predicted octanol–water partition coefficient (Wildman–Crippen LogP) is 0.645. The zero-order valence-electron chi connectivity index (χ0n) is 14.3. The highest BCUT2D eigenvalue weighted by molar-refractivity contribution is 7.80. The Hall–Kier alpha value is -2.10. The van der Waals surface area contributed by atoms with Crippen LogP contribution in [-0.2, 0) is 4.79 Å². The first-order valence-corrected chi connectivity index (χ1v) is 8.89. The molecule has 1 aliphatic heterocycles. The number of rotatable bonds is 4. The van der Waals surface area contributed by atoms with Gasteiger partial charge in [-0.2, -0.15) is 0 Å². The molecule has 2 aromatic rings. The van der Waals surface area contributed by atoms with E-state index < -0.39 is 25.0 Å². The first-order chi connectivity index (χ1) is 12.4. The molecule has 1 fully saturated rings. The van der Waals surface area contributed by atoms with Crippen LogP contribution < -0.4 is 5.32 Å². The molecule has 0 spiro atoms. The van der Waals surface area contributed by atoms with Crippen molar-refractivity contribution in [2.75, 3.05) is 6.54 Å². The number of pyridine rings is 1. The maximum Gasteiger partial charge on any atom is 0.475 e. The number of nitrogens with zero attached hydrogens (tertiary/aromatic N) is 2. The van der Waals surface area contributed by atoms with Gasteiger partial charge in [0.05, 0.1) is 17.0 Å². The molecule has 1 aliphatic rings. The van der Waals surface area contributed by atoms with Gasteiger partial charge in [0.1, 0.15) is 6.04 Å². The van der Waals surface area contributed by atoms with E-state index in [2.05, 4.69) is 22.9 Å². The van der Waals surface area contributed by atoms with Crippen LogP contribution in [0.25, 0.3) is 10.9 Å². The molecule has 0 aliphatic carbocycles. The first kappa shape index (κ1) is 18.7. The molecule has 2 unspecified atom stereocenters. The van der Waals surface area contributed by atoms with E-state index in [1.54, 1.807) is 31.2 Å². The van der Waals surface area contributed by atoms with Crippen molar-refractivity contribution in [2.24, 2.45) is 0 Å². The van der Waals surface area contributed by atoms with E-state index in [1.165, 1.54) is 11.1 Å². The zero-order valence-corrected chi connectivity index (χ0v) is 15.2. The maximum absolute atomic E-state index is 12.7. The molecule has 1 saturated heterocycles. The van der Waals surface area contributed by atoms with Crippen LogP contribution in [0.3, 0.4) is 0 Å². The number of para-hydroxylation sites is 1. The number of amides is 2. The van der Waals surface area contributed by atoms with Gasteiger partial charge >= 0.3 is 7.12 Å². The zero-order chi connectivity index (χ0) is 18.8. The monoisotopic (exact) mass is 373 g/mol. The Bertz CT molecular complexity index is 848. The molecule has 26 heavy (non-hydrogen) atoms. The van der Waals surface area contributed by atoms with Gasteiger partial charge in [-0.15, -0.1) is 12.6 Å². The summed E-state index contributed by atoms with van der Waals surface area (Å²) in [5, 5.41) is 22.2. The van der Waals surface area contributed by atoms with E-state index in [0.717, 1.165) is 0 Å². The van der Waals surface area contributed by atoms with Gasteiger partial charge in [-0.05, 0) is 31.9 Å². The van der Waals surface area contributed by atoms with Crippen LogP contribution in [0.15, 0.2) is 35.4 Å². The molecule has 0 saturated carbocycles. The first-order valence-electron chi connectivity index (χ1n) is 8.44. The average Bonchev–Trinajstić information content (AvgIpc) is 3.11. The lowest BCUT2D eigenvalue weighted by Gasteiger charge is -2.27. The van der Waals surface area contributed by atoms with Gasteiger partial charge in [0, 0.05) is 23.0 Å². The van der Waals surface area contributed by atoms with Crippen LogP contribution in [0.1, 0.15) is 30.1 Å². The molecular weight excluding hydrogens is 353 g/mol. The average molecular weight is 373 g/mol. The van der Waals surface area contributed by atoms with E-state index in [1.807, 2.05) is 0 Å². The van der Waals surface area contributed by atoms with Gasteiger partial charge in [0.2, 0.25) is 5.91 Å². The van der Waals surface area contributed by atoms with Crippen molar-refractivity contribution < 1.29 is 19.6 Å². The number of hydrogen-bond acceptors (Lipinski definition) is 6. The SMILES string of the molecule is CC(NC(=O)c1ccnc2c(S)cccc12)C(=O)N1CCCC1B(O)O. The normalized spacial score (nSPS) is 18.0. The fraction of sp³-hybridized carbons (Fsp3) is 0.353. The van der Waals surface area contributed by atoms with Gasteiger partial charge in [0.15, 0.2) is 0 Å². The number of carbonyl (C=O) groups is 2. The number of aromatic nitrogens is 1. The van der Waals surface area contributed by atoms with Crippen LogP contribution in [-0.4, -0.2) is 57.4 Å². The number of thiol groups is 1. The van der Waals surface area contributed by atoms with Crippen LogP contribution in [0.4, 0.5) is 0 Å². The third-order valence-electron chi connectivity index (χ3n) is 4.64. The Labute approximate surface area is 157 Å². The predicted molar refractivity (Wildman–Crippen MR) is 101 cm³/mol. The van der Waals surface area contributed by atoms with Gasteiger partial charge in [-0.3, -0.25) is 14.6 Å². The van der Waals surface area contributed by atoms with Crippen molar-refractivity contribution >= 4 is 42.5 Å². The third-order valence-corrected chi connectivity index (χ3v) is 5.00. The van der Waals surface area contributed by atoms with E-state index in [0.29, 0.717) is 40.7 Å². The number of fused-ring (bicyclic) bond motifs is 1. The quantitative estimate of drug-likeness (QED) is 0.466. The minimum Gasteiger partial charge on any atom is -0.426 e. The Morgan fingerprint density at radius 2 is 2.15 bits per heavy atom. The van der Waals surface area contributed by atoms with Crippen molar-refractivity contribution in [3.8, 4) is 0 Å². The minimum absolute atomic E-state index is 0.331. The van der Waals surface area contributed by atoms with Gasteiger partial charge < -0.3 is 20.3 Å². The summed E-state index contributed by atoms with van der Waals surface area (Å²) in [6.45, 7) is 2.04. The van der Waals surface area contributed by atoms with Crippen LogP contribution in [0.2, 0.25) is 0 Å². The standard InChI is InChI=1S/C17H20BN3O4S/c1-10(17(23)21-9-3-6-14(21)18(24)25)20-16(22)12-7-8-19-15-11(12)4-2-5-13(15)26/h2,4-5,7-8,10,14,24-26H,3,6,9H2,1H3,(H,20,22). The number of carbonyl (C=O) groups excluding carboxylic acids is 2. The molecule has 3 N–H and O–H groups in total. The summed E-state index contributed by atoms with van der Waals surface area (Å²) in [7, 11) is -1.58. The molecule has 2 atom stereocenters. The highest BCUT2D eigenvalue weighted by Gasteiger charge is 2.38. The van der Waals surface area contributed by atoms with E-state index in [4.69, 9.17) is 0 Å². The van der Waals surface area contributed by atoms with Crippen LogP contribution in [0, 0.1) is 0 Å². The topological polar surface area (TPSA) is 103 Å². The van der Waals surface area contributed by atoms with E-state index >= 15 is 0 Å². The number of benzene rings is 1. The number of likely N-dealkylation sites (tertiary alicyclic amines) is 1. The molecule has 7 nitrogen and oxygen atoms in total. The summed E-state index contributed by atoms with van der Waals surface area (Å²) in [5.74, 6) is -1.35. The maximum atomic E-state index is 12.7. The lowest BCUT2D eigenvalue weighted by Crippen LogP contribution is -2.52. The van der Waals surface area contributed by atoms with Gasteiger partial charge in [-0.25, -0.2) is 0 Å². The smallest absolute Gasteiger partial charge is 0.426 e. The van der Waals surface area contributed by atoms with Crippen LogP contribution in [0.5, 0.6) is 0 Å². The van der Waals surface area contributed by atoms with Crippen molar-refractivity contribution in [3.05, 3.63) is 36.0 Å². The second-order valence-electron chi connectivity index (χ2n) is 6.38. The van der Waals surface area contributed by atoms with E-state index in [-0.39, 0.29) is 5.91 Å². The fourth-order valence-corrected chi connectivity index (χ4v) is 3.58. The summed E-state index contributed by atoms with van der Waals surface area (Å²) in [6.07, 6.45) is 2.76. The molecule has 0 bridgehead atoms. The highest BCUT2D eigenvalue weighted by Crippen LogP contribution is 2.23. The Morgan fingerprint density at radius 3 is 2.88 bits per heavy atom. The summed E-state index contributed by atoms with van der Waals surface area (Å²) in [6, 6.07) is 6.17. The van der Waals surface area contributed by atoms with Crippen molar-refractivity contribution in [1.82, 2.24) is 15.2 Å². The number of hydrogen-bond donors (Lipinski definition) is 4. The van der Waals surface area contributed by atoms with Crippen molar-refractivity contribution in [2.45, 2.75) is 36.6 Å². The molecule has 136 valence electrons. The van der Waals surface area contributed by atoms with Crippen molar-refractivity contribution in [1.29, 1.82) is 0 Å². The molecule has 9 heteroatoms. The minimum atomic E-state index is -1.58. The Kier molecular flexibility index (Phi) is 5.50. The Morgan fingerprint density at radius 1 is 1.38 bits per heavy atom. The molecule has 0 radical (unpaired) electrons. The largest absolute Gasteiger partial charge is 0.475 e. The lowest BCUT2D eigenvalue weighted by atomic mass is 9.78.